The Bertz CT molecular complexity index is 823. The Morgan fingerprint density at radius 1 is 1.16 bits per heavy atom. The molecule has 25 heavy (non-hydrogen) atoms. The molecule has 0 aliphatic rings. The summed E-state index contributed by atoms with van der Waals surface area (Å²) in [7, 11) is -3.73. The van der Waals surface area contributed by atoms with Gasteiger partial charge in [0.1, 0.15) is 5.75 Å². The number of nitrogens with one attached hydrogen (secondary N) is 2. The maximum Gasteiger partial charge on any atom is 0.240 e. The summed E-state index contributed by atoms with van der Waals surface area (Å²) in [5.41, 5.74) is 1.13. The number of aromatic nitrogens is 1. The number of ether oxygens (including phenoxy) is 1. The minimum Gasteiger partial charge on any atom is -0.492 e. The zero-order valence-corrected chi connectivity index (χ0v) is 15.0. The van der Waals surface area contributed by atoms with Gasteiger partial charge in [-0.15, -0.1) is 0 Å². The zero-order chi connectivity index (χ0) is 18.3. The number of anilines is 1. The lowest BCUT2D eigenvalue weighted by Gasteiger charge is -2.13. The van der Waals surface area contributed by atoms with E-state index in [2.05, 4.69) is 15.0 Å². The van der Waals surface area contributed by atoms with Crippen LogP contribution in [0.3, 0.4) is 0 Å². The van der Waals surface area contributed by atoms with Gasteiger partial charge in [-0.3, -0.25) is 9.78 Å². The van der Waals surface area contributed by atoms with Gasteiger partial charge in [0, 0.05) is 25.4 Å². The van der Waals surface area contributed by atoms with Gasteiger partial charge in [0.05, 0.1) is 17.2 Å². The molecule has 7 nitrogen and oxygen atoms in total. The Kier molecular flexibility index (Phi) is 6.49. The molecule has 1 amide bonds. The van der Waals surface area contributed by atoms with Gasteiger partial charge in [-0.25, -0.2) is 13.1 Å². The smallest absolute Gasteiger partial charge is 0.240 e. The molecule has 1 aromatic carbocycles. The van der Waals surface area contributed by atoms with Crippen LogP contribution in [0, 0.1) is 0 Å². The van der Waals surface area contributed by atoms with Gasteiger partial charge >= 0.3 is 0 Å². The van der Waals surface area contributed by atoms with E-state index in [-0.39, 0.29) is 23.8 Å². The minimum absolute atomic E-state index is 0.0522. The molecule has 0 saturated carbocycles. The van der Waals surface area contributed by atoms with E-state index in [0.717, 1.165) is 5.56 Å². The maximum atomic E-state index is 12.5. The van der Waals surface area contributed by atoms with Crippen molar-refractivity contribution in [2.75, 3.05) is 11.9 Å². The number of hydrogen-bond donors (Lipinski definition) is 2. The largest absolute Gasteiger partial charge is 0.492 e. The quantitative estimate of drug-likeness (QED) is 0.750. The van der Waals surface area contributed by atoms with Crippen LogP contribution in [0.25, 0.3) is 0 Å². The number of sulfonamides is 1. The average Bonchev–Trinajstić information content (AvgIpc) is 2.62. The van der Waals surface area contributed by atoms with Crippen LogP contribution in [0.15, 0.2) is 47.6 Å². The number of rotatable bonds is 8. The van der Waals surface area contributed by atoms with E-state index in [1.807, 2.05) is 6.92 Å². The van der Waals surface area contributed by atoms with E-state index in [0.29, 0.717) is 18.0 Å². The summed E-state index contributed by atoms with van der Waals surface area (Å²) in [5.74, 6) is 0.206. The predicted molar refractivity (Wildman–Crippen MR) is 94.8 cm³/mol. The number of benzene rings is 1. The van der Waals surface area contributed by atoms with E-state index in [9.17, 15) is 13.2 Å². The molecule has 0 spiro atoms. The molecule has 0 fully saturated rings. The van der Waals surface area contributed by atoms with Crippen molar-refractivity contribution in [2.45, 2.75) is 31.7 Å². The highest BCUT2D eigenvalue weighted by atomic mass is 32.2. The highest BCUT2D eigenvalue weighted by Gasteiger charge is 2.17. The molecule has 0 saturated heterocycles. The molecule has 1 aromatic heterocycles. The molecule has 134 valence electrons. The monoisotopic (exact) mass is 363 g/mol. The number of carbonyl (C=O) groups excluding carboxylic acids is 1. The summed E-state index contributed by atoms with van der Waals surface area (Å²) >= 11 is 0. The molecule has 0 aliphatic heterocycles. The maximum absolute atomic E-state index is 12.5. The minimum atomic E-state index is -3.73. The van der Waals surface area contributed by atoms with E-state index in [1.165, 1.54) is 18.2 Å². The molecule has 0 aliphatic carbocycles. The standard InChI is InChI=1S/C17H21N3O4S/c1-3-17(21)20-15-11-14(5-6-16(15)24-4-2)25(22,23)19-12-13-7-9-18-10-8-13/h5-11,19H,3-4,12H2,1-2H3,(H,20,21). The topological polar surface area (TPSA) is 97.4 Å². The molecule has 8 heteroatoms. The first-order valence-electron chi connectivity index (χ1n) is 7.91. The van der Waals surface area contributed by atoms with Crippen LogP contribution in [0.4, 0.5) is 5.69 Å². The molecule has 2 rings (SSSR count). The second-order valence-electron chi connectivity index (χ2n) is 5.17. The van der Waals surface area contributed by atoms with Gasteiger partial charge in [-0.2, -0.15) is 0 Å². The lowest BCUT2D eigenvalue weighted by Crippen LogP contribution is -2.23. The highest BCUT2D eigenvalue weighted by Crippen LogP contribution is 2.28. The Balaban J connectivity index is 2.24. The van der Waals surface area contributed by atoms with Crippen LogP contribution in [0.2, 0.25) is 0 Å². The van der Waals surface area contributed by atoms with Crippen LogP contribution in [0.5, 0.6) is 5.75 Å². The van der Waals surface area contributed by atoms with Crippen molar-refractivity contribution in [3.63, 3.8) is 0 Å². The molecule has 0 atom stereocenters. The molecule has 1 heterocycles. The fourth-order valence-corrected chi connectivity index (χ4v) is 3.10. The third-order valence-corrected chi connectivity index (χ3v) is 4.77. The summed E-state index contributed by atoms with van der Waals surface area (Å²) in [6.07, 6.45) is 3.47. The second-order valence-corrected chi connectivity index (χ2v) is 6.94. The van der Waals surface area contributed by atoms with E-state index in [1.54, 1.807) is 31.5 Å². The van der Waals surface area contributed by atoms with E-state index < -0.39 is 10.0 Å². The van der Waals surface area contributed by atoms with Gasteiger partial charge < -0.3 is 10.1 Å². The fraction of sp³-hybridized carbons (Fsp3) is 0.294. The molecule has 2 N–H and O–H groups in total. The molecular formula is C17H21N3O4S. The van der Waals surface area contributed by atoms with Crippen molar-refractivity contribution in [3.8, 4) is 5.75 Å². The molecule has 0 unspecified atom stereocenters. The van der Waals surface area contributed by atoms with Crippen molar-refractivity contribution in [3.05, 3.63) is 48.3 Å². The lowest BCUT2D eigenvalue weighted by atomic mass is 10.3. The summed E-state index contributed by atoms with van der Waals surface area (Å²) in [6.45, 7) is 4.08. The average molecular weight is 363 g/mol. The molecular weight excluding hydrogens is 342 g/mol. The Morgan fingerprint density at radius 2 is 1.88 bits per heavy atom. The van der Waals surface area contributed by atoms with Crippen molar-refractivity contribution in [1.29, 1.82) is 0 Å². The Labute approximate surface area is 147 Å². The third kappa shape index (κ3) is 5.27. The van der Waals surface area contributed by atoms with Gasteiger partial charge in [-0.1, -0.05) is 6.92 Å². The van der Waals surface area contributed by atoms with Crippen LogP contribution >= 0.6 is 0 Å². The second kappa shape index (κ2) is 8.59. The highest BCUT2D eigenvalue weighted by molar-refractivity contribution is 7.89. The Hall–Kier alpha value is -2.45. The lowest BCUT2D eigenvalue weighted by molar-refractivity contribution is -0.115. The fourth-order valence-electron chi connectivity index (χ4n) is 2.06. The normalized spacial score (nSPS) is 11.1. The number of hydrogen-bond acceptors (Lipinski definition) is 5. The van der Waals surface area contributed by atoms with E-state index in [4.69, 9.17) is 4.74 Å². The van der Waals surface area contributed by atoms with Crippen LogP contribution in [0.1, 0.15) is 25.8 Å². The number of nitrogens with zero attached hydrogens (tertiary/aromatic N) is 1. The first-order valence-corrected chi connectivity index (χ1v) is 9.39. The predicted octanol–water partition coefficient (Wildman–Crippen LogP) is 2.31. The van der Waals surface area contributed by atoms with Crippen molar-refractivity contribution in [2.24, 2.45) is 0 Å². The summed E-state index contributed by atoms with van der Waals surface area (Å²) in [5, 5.41) is 2.67. The summed E-state index contributed by atoms with van der Waals surface area (Å²) < 4.78 is 33.0. The molecule has 2 aromatic rings. The number of pyridine rings is 1. The van der Waals surface area contributed by atoms with E-state index >= 15 is 0 Å². The van der Waals surface area contributed by atoms with Crippen LogP contribution < -0.4 is 14.8 Å². The number of carbonyl (C=O) groups is 1. The van der Waals surface area contributed by atoms with Crippen LogP contribution in [-0.4, -0.2) is 25.9 Å². The van der Waals surface area contributed by atoms with Gasteiger partial charge in [0.15, 0.2) is 0 Å². The van der Waals surface area contributed by atoms with Crippen LogP contribution in [-0.2, 0) is 21.4 Å². The van der Waals surface area contributed by atoms with Crippen molar-refractivity contribution in [1.82, 2.24) is 9.71 Å². The summed E-state index contributed by atoms with van der Waals surface area (Å²) in [6, 6.07) is 7.84. The van der Waals surface area contributed by atoms with Gasteiger partial charge in [0.25, 0.3) is 0 Å². The van der Waals surface area contributed by atoms with Crippen molar-refractivity contribution < 1.29 is 17.9 Å². The summed E-state index contributed by atoms with van der Waals surface area (Å²) in [4.78, 5) is 15.6. The SMILES string of the molecule is CCOc1ccc(S(=O)(=O)NCc2ccncc2)cc1NC(=O)CC. The number of amides is 1. The first kappa shape index (κ1) is 18.9. The Morgan fingerprint density at radius 3 is 2.52 bits per heavy atom. The third-order valence-electron chi connectivity index (χ3n) is 3.37. The van der Waals surface area contributed by atoms with Crippen molar-refractivity contribution >= 4 is 21.6 Å². The van der Waals surface area contributed by atoms with Gasteiger partial charge in [-0.05, 0) is 42.8 Å². The first-order chi connectivity index (χ1) is 12.0. The molecule has 0 radical (unpaired) electrons. The van der Waals surface area contributed by atoms with Gasteiger partial charge in [0.2, 0.25) is 15.9 Å². The molecule has 0 bridgehead atoms. The zero-order valence-electron chi connectivity index (χ0n) is 14.2.